The Labute approximate surface area is 184 Å². The Morgan fingerprint density at radius 2 is 1.61 bits per heavy atom. The molecule has 0 aliphatic carbocycles. The third-order valence-electron chi connectivity index (χ3n) is 5.05. The zero-order valence-electron chi connectivity index (χ0n) is 17.9. The number of rotatable bonds is 10. The molecule has 1 saturated heterocycles. The molecule has 168 valence electrons. The van der Waals surface area contributed by atoms with Gasteiger partial charge in [-0.2, -0.15) is 4.31 Å². The fourth-order valence-electron chi connectivity index (χ4n) is 3.45. The minimum Gasteiger partial charge on any atom is -0.490 e. The first-order valence-electron chi connectivity index (χ1n) is 10.8. The van der Waals surface area contributed by atoms with Gasteiger partial charge in [-0.15, -0.1) is 0 Å². The molecule has 1 fully saturated rings. The largest absolute Gasteiger partial charge is 0.490 e. The van der Waals surface area contributed by atoms with Crippen molar-refractivity contribution < 1.29 is 22.7 Å². The maximum atomic E-state index is 12.7. The van der Waals surface area contributed by atoms with Gasteiger partial charge >= 0.3 is 0 Å². The summed E-state index contributed by atoms with van der Waals surface area (Å²) >= 11 is 0. The molecule has 1 N–H and O–H groups in total. The predicted octanol–water partition coefficient (Wildman–Crippen LogP) is 4.06. The number of carbonyl (C=O) groups is 1. The molecule has 1 aliphatic heterocycles. The summed E-state index contributed by atoms with van der Waals surface area (Å²) in [5.41, 5.74) is 0.574. The Morgan fingerprint density at radius 1 is 0.968 bits per heavy atom. The first-order valence-corrected chi connectivity index (χ1v) is 12.2. The normalized spacial score (nSPS) is 14.7. The van der Waals surface area contributed by atoms with E-state index in [4.69, 9.17) is 9.47 Å². The van der Waals surface area contributed by atoms with Gasteiger partial charge < -0.3 is 14.8 Å². The molecule has 31 heavy (non-hydrogen) atoms. The SMILES string of the molecule is CCOc1ccccc1OCCCC(=O)Nc1ccc(S(=O)(=O)N2CCCCC2)cc1. The first kappa shape index (κ1) is 23.1. The Bertz CT molecular complexity index is 954. The Balaban J connectivity index is 1.45. The van der Waals surface area contributed by atoms with Gasteiger partial charge in [0.1, 0.15) is 0 Å². The number of nitrogens with zero attached hydrogens (tertiary/aromatic N) is 1. The molecule has 0 bridgehead atoms. The summed E-state index contributed by atoms with van der Waals surface area (Å²) in [6.45, 7) is 4.00. The Hall–Kier alpha value is -2.58. The minimum absolute atomic E-state index is 0.145. The number of benzene rings is 2. The number of piperidine rings is 1. The second-order valence-corrected chi connectivity index (χ2v) is 9.31. The average molecular weight is 447 g/mol. The molecule has 1 heterocycles. The summed E-state index contributed by atoms with van der Waals surface area (Å²) in [5.74, 6) is 1.21. The van der Waals surface area contributed by atoms with E-state index in [2.05, 4.69) is 5.32 Å². The van der Waals surface area contributed by atoms with Gasteiger partial charge in [0.25, 0.3) is 0 Å². The molecule has 0 radical (unpaired) electrons. The maximum absolute atomic E-state index is 12.7. The number of nitrogens with one attached hydrogen (secondary N) is 1. The molecule has 2 aromatic rings. The molecular formula is C23H30N2O5S. The van der Waals surface area contributed by atoms with Crippen LogP contribution < -0.4 is 14.8 Å². The molecule has 0 unspecified atom stereocenters. The number of hydrogen-bond donors (Lipinski definition) is 1. The van der Waals surface area contributed by atoms with Gasteiger partial charge in [-0.3, -0.25) is 4.79 Å². The average Bonchev–Trinajstić information content (AvgIpc) is 2.79. The highest BCUT2D eigenvalue weighted by molar-refractivity contribution is 7.89. The highest BCUT2D eigenvalue weighted by Crippen LogP contribution is 2.26. The summed E-state index contributed by atoms with van der Waals surface area (Å²) < 4.78 is 38.2. The third kappa shape index (κ3) is 6.45. The monoisotopic (exact) mass is 446 g/mol. The topological polar surface area (TPSA) is 84.9 Å². The van der Waals surface area contributed by atoms with Crippen LogP contribution >= 0.6 is 0 Å². The predicted molar refractivity (Wildman–Crippen MR) is 120 cm³/mol. The van der Waals surface area contributed by atoms with Crippen molar-refractivity contribution >= 4 is 21.6 Å². The van der Waals surface area contributed by atoms with Gasteiger partial charge in [-0.05, 0) is 62.6 Å². The molecule has 0 aromatic heterocycles. The van der Waals surface area contributed by atoms with E-state index >= 15 is 0 Å². The van der Waals surface area contributed by atoms with Crippen molar-refractivity contribution in [2.75, 3.05) is 31.6 Å². The van der Waals surface area contributed by atoms with Crippen LogP contribution in [0.4, 0.5) is 5.69 Å². The molecule has 0 atom stereocenters. The number of para-hydroxylation sites is 2. The van der Waals surface area contributed by atoms with Crippen molar-refractivity contribution in [3.63, 3.8) is 0 Å². The number of sulfonamides is 1. The summed E-state index contributed by atoms with van der Waals surface area (Å²) in [5, 5.41) is 2.80. The quantitative estimate of drug-likeness (QED) is 0.557. The fraction of sp³-hybridized carbons (Fsp3) is 0.435. The van der Waals surface area contributed by atoms with Crippen LogP contribution in [0.1, 0.15) is 39.0 Å². The van der Waals surface area contributed by atoms with Gasteiger partial charge in [-0.25, -0.2) is 8.42 Å². The zero-order chi connectivity index (χ0) is 22.1. The van der Waals surface area contributed by atoms with Crippen LogP contribution in [0.3, 0.4) is 0 Å². The van der Waals surface area contributed by atoms with E-state index in [0.29, 0.717) is 56.3 Å². The van der Waals surface area contributed by atoms with Crippen LogP contribution in [0.5, 0.6) is 11.5 Å². The van der Waals surface area contributed by atoms with Crippen LogP contribution in [0.2, 0.25) is 0 Å². The van der Waals surface area contributed by atoms with E-state index in [-0.39, 0.29) is 10.8 Å². The summed E-state index contributed by atoms with van der Waals surface area (Å²) in [6, 6.07) is 13.8. The second kappa shape index (κ2) is 11.2. The zero-order valence-corrected chi connectivity index (χ0v) is 18.7. The van der Waals surface area contributed by atoms with Crippen LogP contribution in [-0.4, -0.2) is 44.9 Å². The lowest BCUT2D eigenvalue weighted by molar-refractivity contribution is -0.116. The molecule has 2 aromatic carbocycles. The highest BCUT2D eigenvalue weighted by Gasteiger charge is 2.25. The summed E-state index contributed by atoms with van der Waals surface area (Å²) in [4.78, 5) is 12.5. The number of anilines is 1. The minimum atomic E-state index is -3.47. The van der Waals surface area contributed by atoms with E-state index in [1.54, 1.807) is 24.3 Å². The van der Waals surface area contributed by atoms with Gasteiger partial charge in [0.05, 0.1) is 18.1 Å². The number of ether oxygens (including phenoxy) is 2. The lowest BCUT2D eigenvalue weighted by atomic mass is 10.2. The van der Waals surface area contributed by atoms with E-state index in [1.165, 1.54) is 4.31 Å². The molecule has 0 saturated carbocycles. The molecular weight excluding hydrogens is 416 g/mol. The van der Waals surface area contributed by atoms with Crippen molar-refractivity contribution in [1.82, 2.24) is 4.31 Å². The van der Waals surface area contributed by atoms with Crippen LogP contribution in [-0.2, 0) is 14.8 Å². The standard InChI is InChI=1S/C23H30N2O5S/c1-2-29-21-9-4-5-10-22(21)30-18-8-11-23(26)24-19-12-14-20(15-13-19)31(27,28)25-16-6-3-7-17-25/h4-5,9-10,12-15H,2-3,6-8,11,16-18H2,1H3,(H,24,26). The fourth-order valence-corrected chi connectivity index (χ4v) is 4.96. The van der Waals surface area contributed by atoms with Crippen molar-refractivity contribution in [3.8, 4) is 11.5 Å². The number of amides is 1. The van der Waals surface area contributed by atoms with Gasteiger partial charge in [0.2, 0.25) is 15.9 Å². The molecule has 7 nitrogen and oxygen atoms in total. The molecule has 1 aliphatic rings. The van der Waals surface area contributed by atoms with Gasteiger partial charge in [0, 0.05) is 25.2 Å². The smallest absolute Gasteiger partial charge is 0.243 e. The van der Waals surface area contributed by atoms with Gasteiger partial charge in [0.15, 0.2) is 11.5 Å². The van der Waals surface area contributed by atoms with E-state index < -0.39 is 10.0 Å². The molecule has 0 spiro atoms. The van der Waals surface area contributed by atoms with E-state index in [1.807, 2.05) is 31.2 Å². The van der Waals surface area contributed by atoms with Crippen molar-refractivity contribution in [3.05, 3.63) is 48.5 Å². The van der Waals surface area contributed by atoms with Crippen molar-refractivity contribution in [2.24, 2.45) is 0 Å². The first-order chi connectivity index (χ1) is 15.0. The second-order valence-electron chi connectivity index (χ2n) is 7.37. The Kier molecular flexibility index (Phi) is 8.31. The van der Waals surface area contributed by atoms with Gasteiger partial charge in [-0.1, -0.05) is 18.6 Å². The van der Waals surface area contributed by atoms with E-state index in [0.717, 1.165) is 19.3 Å². The highest BCUT2D eigenvalue weighted by atomic mass is 32.2. The maximum Gasteiger partial charge on any atom is 0.243 e. The van der Waals surface area contributed by atoms with Crippen LogP contribution in [0, 0.1) is 0 Å². The number of carbonyl (C=O) groups excluding carboxylic acids is 1. The lowest BCUT2D eigenvalue weighted by Gasteiger charge is -2.25. The van der Waals surface area contributed by atoms with Crippen LogP contribution in [0.15, 0.2) is 53.4 Å². The molecule has 1 amide bonds. The van der Waals surface area contributed by atoms with E-state index in [9.17, 15) is 13.2 Å². The van der Waals surface area contributed by atoms with Crippen molar-refractivity contribution in [1.29, 1.82) is 0 Å². The molecule has 3 rings (SSSR count). The third-order valence-corrected chi connectivity index (χ3v) is 6.96. The van der Waals surface area contributed by atoms with Crippen molar-refractivity contribution in [2.45, 2.75) is 43.9 Å². The lowest BCUT2D eigenvalue weighted by Crippen LogP contribution is -2.35. The summed E-state index contributed by atoms with van der Waals surface area (Å²) in [7, 11) is -3.47. The van der Waals surface area contributed by atoms with Crippen LogP contribution in [0.25, 0.3) is 0 Å². The summed E-state index contributed by atoms with van der Waals surface area (Å²) in [6.07, 6.45) is 3.71. The number of hydrogen-bond acceptors (Lipinski definition) is 5. The Morgan fingerprint density at radius 3 is 2.26 bits per heavy atom. The molecule has 8 heteroatoms.